The minimum absolute atomic E-state index is 0.0318. The second-order valence-electron chi connectivity index (χ2n) is 5.78. The van der Waals surface area contributed by atoms with E-state index in [0.29, 0.717) is 19.3 Å². The number of para-hydroxylation sites is 1. The van der Waals surface area contributed by atoms with E-state index in [1.807, 2.05) is 30.5 Å². The van der Waals surface area contributed by atoms with Gasteiger partial charge in [-0.25, -0.2) is 0 Å². The fourth-order valence-electron chi connectivity index (χ4n) is 3.15. The van der Waals surface area contributed by atoms with Gasteiger partial charge in [-0.1, -0.05) is 18.2 Å². The average Bonchev–Trinajstić information content (AvgIpc) is 3.03. The molecular weight excluding hydrogens is 268 g/mol. The van der Waals surface area contributed by atoms with Crippen molar-refractivity contribution < 1.29 is 15.0 Å². The molecule has 0 radical (unpaired) electrons. The van der Waals surface area contributed by atoms with Crippen molar-refractivity contribution in [1.29, 1.82) is 0 Å². The Morgan fingerprint density at radius 1 is 1.33 bits per heavy atom. The van der Waals surface area contributed by atoms with Gasteiger partial charge in [0.25, 0.3) is 0 Å². The number of carbonyl (C=O) groups excluding carboxylic acids is 1. The van der Waals surface area contributed by atoms with E-state index in [9.17, 15) is 9.90 Å². The number of hydrogen-bond donors (Lipinski definition) is 4. The van der Waals surface area contributed by atoms with Crippen LogP contribution >= 0.6 is 0 Å². The van der Waals surface area contributed by atoms with Crippen molar-refractivity contribution in [3.63, 3.8) is 0 Å². The maximum atomic E-state index is 12.1. The molecule has 5 heteroatoms. The Balaban J connectivity index is 1.62. The van der Waals surface area contributed by atoms with Crippen LogP contribution in [0.25, 0.3) is 10.9 Å². The Hall–Kier alpha value is -1.85. The number of aliphatic hydroxyl groups is 2. The number of H-pyrrole nitrogens is 1. The molecule has 0 bridgehead atoms. The summed E-state index contributed by atoms with van der Waals surface area (Å²) in [5.41, 5.74) is 2.00. The summed E-state index contributed by atoms with van der Waals surface area (Å²) in [6.45, 7) is -0.0318. The highest BCUT2D eigenvalue weighted by molar-refractivity contribution is 5.88. The molecule has 112 valence electrons. The molecule has 0 spiro atoms. The number of hydrogen-bond acceptors (Lipinski definition) is 3. The number of nitrogens with one attached hydrogen (secondary N) is 2. The predicted molar refractivity (Wildman–Crippen MR) is 79.8 cm³/mol. The quantitative estimate of drug-likeness (QED) is 0.676. The molecule has 4 N–H and O–H groups in total. The molecule has 0 unspecified atom stereocenters. The smallest absolute Gasteiger partial charge is 0.224 e. The van der Waals surface area contributed by atoms with E-state index in [2.05, 4.69) is 10.3 Å². The number of benzene rings is 1. The lowest BCUT2D eigenvalue weighted by atomic mass is 10.1. The van der Waals surface area contributed by atoms with Gasteiger partial charge >= 0.3 is 0 Å². The Morgan fingerprint density at radius 3 is 2.90 bits per heavy atom. The number of rotatable bonds is 4. The van der Waals surface area contributed by atoms with Gasteiger partial charge in [0.2, 0.25) is 5.91 Å². The van der Waals surface area contributed by atoms with Crippen molar-refractivity contribution in [2.75, 3.05) is 6.61 Å². The van der Waals surface area contributed by atoms with Gasteiger partial charge in [0, 0.05) is 35.7 Å². The molecule has 1 heterocycles. The first-order valence-electron chi connectivity index (χ1n) is 7.30. The summed E-state index contributed by atoms with van der Waals surface area (Å²) in [5, 5.41) is 22.9. The minimum Gasteiger partial charge on any atom is -0.396 e. The van der Waals surface area contributed by atoms with Crippen LogP contribution < -0.4 is 5.32 Å². The third-order valence-corrected chi connectivity index (χ3v) is 4.28. The summed E-state index contributed by atoms with van der Waals surface area (Å²) in [4.78, 5) is 15.3. The van der Waals surface area contributed by atoms with Gasteiger partial charge in [-0.15, -0.1) is 0 Å². The Morgan fingerprint density at radius 2 is 2.14 bits per heavy atom. The van der Waals surface area contributed by atoms with Crippen molar-refractivity contribution in [2.24, 2.45) is 5.92 Å². The molecule has 1 amide bonds. The normalized spacial score (nSPS) is 25.3. The lowest BCUT2D eigenvalue weighted by Crippen LogP contribution is -2.34. The molecule has 1 saturated carbocycles. The Labute approximate surface area is 123 Å². The number of fused-ring (bicyclic) bond motifs is 1. The first-order chi connectivity index (χ1) is 10.2. The second kappa shape index (κ2) is 5.87. The SMILES string of the molecule is O=C(Cc1c[nH]c2ccccc12)N[C@H]1C[C@H](CO)[C@@H](O)C1. The number of carbonyl (C=O) groups is 1. The molecule has 1 aliphatic rings. The third kappa shape index (κ3) is 2.94. The van der Waals surface area contributed by atoms with Gasteiger partial charge in [-0.2, -0.15) is 0 Å². The predicted octanol–water partition coefficient (Wildman–Crippen LogP) is 0.958. The summed E-state index contributed by atoms with van der Waals surface area (Å²) in [7, 11) is 0. The van der Waals surface area contributed by atoms with Crippen molar-refractivity contribution in [2.45, 2.75) is 31.4 Å². The van der Waals surface area contributed by atoms with Crippen molar-refractivity contribution in [3.8, 4) is 0 Å². The lowest BCUT2D eigenvalue weighted by Gasteiger charge is -2.12. The molecule has 5 nitrogen and oxygen atoms in total. The zero-order valence-electron chi connectivity index (χ0n) is 11.7. The molecule has 1 fully saturated rings. The van der Waals surface area contributed by atoms with Crippen LogP contribution in [0.5, 0.6) is 0 Å². The molecule has 0 aliphatic heterocycles. The third-order valence-electron chi connectivity index (χ3n) is 4.28. The minimum atomic E-state index is -0.520. The fourth-order valence-corrected chi connectivity index (χ4v) is 3.15. The van der Waals surface area contributed by atoms with Crippen LogP contribution in [0.4, 0.5) is 0 Å². The monoisotopic (exact) mass is 288 g/mol. The number of aromatic amines is 1. The van der Waals surface area contributed by atoms with Crippen LogP contribution in [-0.4, -0.2) is 39.9 Å². The highest BCUT2D eigenvalue weighted by Crippen LogP contribution is 2.26. The summed E-state index contributed by atoms with van der Waals surface area (Å²) in [5.74, 6) is -0.168. The molecule has 1 aromatic heterocycles. The van der Waals surface area contributed by atoms with Crippen LogP contribution in [0.1, 0.15) is 18.4 Å². The van der Waals surface area contributed by atoms with Gasteiger partial charge in [-0.05, 0) is 24.5 Å². The van der Waals surface area contributed by atoms with Crippen molar-refractivity contribution in [1.82, 2.24) is 10.3 Å². The summed E-state index contributed by atoms with van der Waals surface area (Å²) < 4.78 is 0. The first kappa shape index (κ1) is 14.1. The van der Waals surface area contributed by atoms with Crippen LogP contribution in [0.15, 0.2) is 30.5 Å². The van der Waals surface area contributed by atoms with E-state index < -0.39 is 6.10 Å². The fraction of sp³-hybridized carbons (Fsp3) is 0.438. The van der Waals surface area contributed by atoms with E-state index in [1.54, 1.807) is 0 Å². The summed E-state index contributed by atoms with van der Waals surface area (Å²) in [6.07, 6.45) is 2.82. The van der Waals surface area contributed by atoms with E-state index in [4.69, 9.17) is 5.11 Å². The number of amides is 1. The standard InChI is InChI=1S/C16H20N2O3/c19-9-11-5-12(7-15(11)20)18-16(21)6-10-8-17-14-4-2-1-3-13(10)14/h1-4,8,11-12,15,17,19-20H,5-7,9H2,(H,18,21)/t11-,12+,15+/m1/s1. The van der Waals surface area contributed by atoms with Gasteiger partial charge in [0.1, 0.15) is 0 Å². The Kier molecular flexibility index (Phi) is 3.94. The average molecular weight is 288 g/mol. The highest BCUT2D eigenvalue weighted by Gasteiger charge is 2.33. The van der Waals surface area contributed by atoms with Crippen molar-refractivity contribution >= 4 is 16.8 Å². The molecule has 21 heavy (non-hydrogen) atoms. The van der Waals surface area contributed by atoms with Crippen LogP contribution in [-0.2, 0) is 11.2 Å². The molecule has 1 aromatic carbocycles. The zero-order valence-corrected chi connectivity index (χ0v) is 11.7. The number of aromatic nitrogens is 1. The van der Waals surface area contributed by atoms with E-state index in [-0.39, 0.29) is 24.5 Å². The van der Waals surface area contributed by atoms with E-state index in [0.717, 1.165) is 16.5 Å². The maximum absolute atomic E-state index is 12.1. The lowest BCUT2D eigenvalue weighted by molar-refractivity contribution is -0.121. The van der Waals surface area contributed by atoms with Gasteiger partial charge in [0.05, 0.1) is 12.5 Å². The largest absolute Gasteiger partial charge is 0.396 e. The number of aliphatic hydroxyl groups excluding tert-OH is 2. The van der Waals surface area contributed by atoms with E-state index >= 15 is 0 Å². The zero-order chi connectivity index (χ0) is 14.8. The van der Waals surface area contributed by atoms with Crippen molar-refractivity contribution in [3.05, 3.63) is 36.0 Å². The van der Waals surface area contributed by atoms with Crippen LogP contribution in [0.2, 0.25) is 0 Å². The topological polar surface area (TPSA) is 85.4 Å². The highest BCUT2D eigenvalue weighted by atomic mass is 16.3. The van der Waals surface area contributed by atoms with Gasteiger partial charge in [-0.3, -0.25) is 4.79 Å². The van der Waals surface area contributed by atoms with Crippen LogP contribution in [0.3, 0.4) is 0 Å². The van der Waals surface area contributed by atoms with E-state index in [1.165, 1.54) is 0 Å². The first-order valence-corrected chi connectivity index (χ1v) is 7.30. The van der Waals surface area contributed by atoms with Gasteiger partial charge in [0.15, 0.2) is 0 Å². The van der Waals surface area contributed by atoms with Gasteiger partial charge < -0.3 is 20.5 Å². The summed E-state index contributed by atoms with van der Waals surface area (Å²) in [6, 6.07) is 7.84. The molecular formula is C16H20N2O3. The Bertz CT molecular complexity index is 637. The molecule has 0 saturated heterocycles. The molecule has 3 rings (SSSR count). The molecule has 1 aliphatic carbocycles. The maximum Gasteiger partial charge on any atom is 0.224 e. The van der Waals surface area contributed by atoms with Crippen LogP contribution in [0, 0.1) is 5.92 Å². The second-order valence-corrected chi connectivity index (χ2v) is 5.78. The molecule has 3 atom stereocenters. The summed E-state index contributed by atoms with van der Waals surface area (Å²) >= 11 is 0. The molecule has 2 aromatic rings.